The van der Waals surface area contributed by atoms with Gasteiger partial charge in [0.15, 0.2) is 0 Å². The van der Waals surface area contributed by atoms with Gasteiger partial charge in [0.05, 0.1) is 18.1 Å². The molecule has 0 bridgehead atoms. The number of benzene rings is 1. The Kier molecular flexibility index (Phi) is 6.34. The summed E-state index contributed by atoms with van der Waals surface area (Å²) in [5, 5.41) is 0. The molecule has 27 heavy (non-hydrogen) atoms. The van der Waals surface area contributed by atoms with E-state index in [1.807, 2.05) is 4.90 Å². The molecule has 2 atom stereocenters. The van der Waals surface area contributed by atoms with E-state index in [4.69, 9.17) is 4.74 Å². The van der Waals surface area contributed by atoms with Gasteiger partial charge in [0.1, 0.15) is 0 Å². The van der Waals surface area contributed by atoms with E-state index in [1.165, 1.54) is 4.31 Å². The quantitative estimate of drug-likeness (QED) is 0.737. The lowest BCUT2D eigenvalue weighted by Crippen LogP contribution is -2.41. The van der Waals surface area contributed by atoms with Gasteiger partial charge in [0.2, 0.25) is 15.9 Å². The molecule has 2 aliphatic heterocycles. The SMILES string of the molecule is C[C@@H]1C[C@@H](C)CN(C(=O)/C=C/c2ccc(S(=O)(=O)N3CCOCC3)cc2)C1. The van der Waals surface area contributed by atoms with Crippen LogP contribution in [0.25, 0.3) is 6.08 Å². The van der Waals surface area contributed by atoms with Crippen LogP contribution in [-0.2, 0) is 19.6 Å². The van der Waals surface area contributed by atoms with E-state index in [-0.39, 0.29) is 10.8 Å². The van der Waals surface area contributed by atoms with Crippen LogP contribution in [0.2, 0.25) is 0 Å². The second-order valence-corrected chi connectivity index (χ2v) is 9.55. The molecule has 2 fully saturated rings. The second kappa shape index (κ2) is 8.54. The monoisotopic (exact) mass is 392 g/mol. The van der Waals surface area contributed by atoms with Crippen molar-refractivity contribution in [3.63, 3.8) is 0 Å². The van der Waals surface area contributed by atoms with Gasteiger partial charge in [-0.05, 0) is 42.0 Å². The zero-order chi connectivity index (χ0) is 19.4. The lowest BCUT2D eigenvalue weighted by atomic mass is 9.92. The van der Waals surface area contributed by atoms with Crippen molar-refractivity contribution in [3.8, 4) is 0 Å². The molecule has 148 valence electrons. The van der Waals surface area contributed by atoms with Crippen molar-refractivity contribution in [1.29, 1.82) is 0 Å². The Morgan fingerprint density at radius 3 is 2.26 bits per heavy atom. The summed E-state index contributed by atoms with van der Waals surface area (Å²) in [7, 11) is -3.49. The summed E-state index contributed by atoms with van der Waals surface area (Å²) in [5.74, 6) is 1.06. The fourth-order valence-corrected chi connectivity index (χ4v) is 5.21. The molecule has 0 N–H and O–H groups in total. The Balaban J connectivity index is 1.65. The molecule has 0 saturated carbocycles. The minimum absolute atomic E-state index is 0.0124. The number of amides is 1. The summed E-state index contributed by atoms with van der Waals surface area (Å²) in [6, 6.07) is 6.66. The number of hydrogen-bond acceptors (Lipinski definition) is 4. The Bertz CT molecular complexity index is 773. The number of ether oxygens (including phenoxy) is 1. The maximum absolute atomic E-state index is 12.6. The lowest BCUT2D eigenvalue weighted by Gasteiger charge is -2.34. The molecular weight excluding hydrogens is 364 g/mol. The summed E-state index contributed by atoms with van der Waals surface area (Å²) in [4.78, 5) is 14.6. The molecule has 7 heteroatoms. The first kappa shape index (κ1) is 20.0. The van der Waals surface area contributed by atoms with Crippen LogP contribution in [0.5, 0.6) is 0 Å². The van der Waals surface area contributed by atoms with Crippen molar-refractivity contribution in [3.05, 3.63) is 35.9 Å². The zero-order valence-electron chi connectivity index (χ0n) is 16.0. The first-order chi connectivity index (χ1) is 12.9. The van der Waals surface area contributed by atoms with Gasteiger partial charge in [-0.15, -0.1) is 0 Å². The van der Waals surface area contributed by atoms with Gasteiger partial charge in [-0.25, -0.2) is 8.42 Å². The van der Waals surface area contributed by atoms with Crippen LogP contribution in [0.4, 0.5) is 0 Å². The Labute approximate surface area is 161 Å². The Morgan fingerprint density at radius 1 is 1.07 bits per heavy atom. The number of sulfonamides is 1. The summed E-state index contributed by atoms with van der Waals surface area (Å²) in [6.45, 7) is 7.55. The maximum Gasteiger partial charge on any atom is 0.246 e. The summed E-state index contributed by atoms with van der Waals surface area (Å²) in [5.41, 5.74) is 0.808. The molecule has 6 nitrogen and oxygen atoms in total. The number of carbonyl (C=O) groups is 1. The normalized spacial score (nSPS) is 25.0. The number of morpholine rings is 1. The largest absolute Gasteiger partial charge is 0.379 e. The highest BCUT2D eigenvalue weighted by Crippen LogP contribution is 2.22. The molecule has 2 heterocycles. The van der Waals surface area contributed by atoms with Gasteiger partial charge >= 0.3 is 0 Å². The molecule has 3 rings (SSSR count). The molecule has 2 saturated heterocycles. The predicted molar refractivity (Wildman–Crippen MR) is 105 cm³/mol. The van der Waals surface area contributed by atoms with Crippen molar-refractivity contribution < 1.29 is 17.9 Å². The number of hydrogen-bond donors (Lipinski definition) is 0. The number of nitrogens with zero attached hydrogens (tertiary/aromatic N) is 2. The third-order valence-electron chi connectivity index (χ3n) is 5.09. The van der Waals surface area contributed by atoms with E-state index >= 15 is 0 Å². The fraction of sp³-hybridized carbons (Fsp3) is 0.550. The van der Waals surface area contributed by atoms with E-state index in [1.54, 1.807) is 36.4 Å². The van der Waals surface area contributed by atoms with Gasteiger partial charge < -0.3 is 9.64 Å². The number of rotatable bonds is 4. The highest BCUT2D eigenvalue weighted by atomic mass is 32.2. The molecule has 0 aliphatic carbocycles. The molecule has 0 radical (unpaired) electrons. The molecule has 2 aliphatic rings. The predicted octanol–water partition coefficient (Wildman–Crippen LogP) is 2.23. The maximum atomic E-state index is 12.6. The van der Waals surface area contributed by atoms with Gasteiger partial charge in [-0.2, -0.15) is 4.31 Å². The summed E-state index contributed by atoms with van der Waals surface area (Å²) in [6.07, 6.45) is 4.49. The minimum Gasteiger partial charge on any atom is -0.379 e. The van der Waals surface area contributed by atoms with Crippen LogP contribution < -0.4 is 0 Å². The van der Waals surface area contributed by atoms with E-state index in [2.05, 4.69) is 13.8 Å². The van der Waals surface area contributed by atoms with Crippen LogP contribution in [0, 0.1) is 11.8 Å². The lowest BCUT2D eigenvalue weighted by molar-refractivity contribution is -0.128. The first-order valence-electron chi connectivity index (χ1n) is 9.51. The average Bonchev–Trinajstić information content (AvgIpc) is 2.66. The van der Waals surface area contributed by atoms with E-state index in [9.17, 15) is 13.2 Å². The number of likely N-dealkylation sites (tertiary alicyclic amines) is 1. The Morgan fingerprint density at radius 2 is 1.67 bits per heavy atom. The average molecular weight is 393 g/mol. The summed E-state index contributed by atoms with van der Waals surface area (Å²) >= 11 is 0. The van der Waals surface area contributed by atoms with Crippen LogP contribution in [-0.4, -0.2) is 62.9 Å². The van der Waals surface area contributed by atoms with Crippen molar-refractivity contribution >= 4 is 22.0 Å². The van der Waals surface area contributed by atoms with Crippen LogP contribution >= 0.6 is 0 Å². The molecule has 0 spiro atoms. The van der Waals surface area contributed by atoms with Crippen molar-refractivity contribution in [2.45, 2.75) is 25.2 Å². The van der Waals surface area contributed by atoms with Crippen LogP contribution in [0.15, 0.2) is 35.2 Å². The molecule has 1 amide bonds. The van der Waals surface area contributed by atoms with Gasteiger partial charge in [0, 0.05) is 32.3 Å². The highest BCUT2D eigenvalue weighted by Gasteiger charge is 2.26. The highest BCUT2D eigenvalue weighted by molar-refractivity contribution is 7.89. The standard InChI is InChI=1S/C20H28N2O4S/c1-16-13-17(2)15-21(14-16)20(23)8-5-18-3-6-19(7-4-18)27(24,25)22-9-11-26-12-10-22/h3-8,16-17H,9-15H2,1-2H3/b8-5+/t16-,17-/m1/s1. The van der Waals surface area contributed by atoms with E-state index < -0.39 is 10.0 Å². The molecule has 1 aromatic rings. The molecule has 1 aromatic carbocycles. The third-order valence-corrected chi connectivity index (χ3v) is 7.00. The number of carbonyl (C=O) groups excluding carboxylic acids is 1. The van der Waals surface area contributed by atoms with Crippen LogP contribution in [0.3, 0.4) is 0 Å². The first-order valence-corrected chi connectivity index (χ1v) is 10.9. The zero-order valence-corrected chi connectivity index (χ0v) is 16.8. The third kappa shape index (κ3) is 4.97. The van der Waals surface area contributed by atoms with Gasteiger partial charge in [0.25, 0.3) is 0 Å². The second-order valence-electron chi connectivity index (χ2n) is 7.61. The van der Waals surface area contributed by atoms with Gasteiger partial charge in [-0.3, -0.25) is 4.79 Å². The Hall–Kier alpha value is -1.70. The smallest absolute Gasteiger partial charge is 0.246 e. The molecule has 0 aromatic heterocycles. The molecule has 0 unspecified atom stereocenters. The van der Waals surface area contributed by atoms with E-state index in [0.717, 1.165) is 25.1 Å². The minimum atomic E-state index is -3.49. The van der Waals surface area contributed by atoms with Crippen molar-refractivity contribution in [2.75, 3.05) is 39.4 Å². The fourth-order valence-electron chi connectivity index (χ4n) is 3.80. The number of piperidine rings is 1. The van der Waals surface area contributed by atoms with E-state index in [0.29, 0.717) is 38.1 Å². The van der Waals surface area contributed by atoms with Gasteiger partial charge in [-0.1, -0.05) is 26.0 Å². The van der Waals surface area contributed by atoms with Crippen LogP contribution in [0.1, 0.15) is 25.8 Å². The topological polar surface area (TPSA) is 66.9 Å². The molecular formula is C20H28N2O4S. The summed E-state index contributed by atoms with van der Waals surface area (Å²) < 4.78 is 31.9. The van der Waals surface area contributed by atoms with Crippen molar-refractivity contribution in [2.24, 2.45) is 11.8 Å². The van der Waals surface area contributed by atoms with Crippen molar-refractivity contribution in [1.82, 2.24) is 9.21 Å².